The molecule has 1 N–H and O–H groups in total. The lowest BCUT2D eigenvalue weighted by Crippen LogP contribution is -2.42. The monoisotopic (exact) mass is 260 g/mol. The molecule has 0 spiro atoms. The molecule has 16 heavy (non-hydrogen) atoms. The van der Waals surface area contributed by atoms with E-state index in [0.717, 1.165) is 5.56 Å². The van der Waals surface area contributed by atoms with Crippen LogP contribution in [0.1, 0.15) is 18.4 Å². The number of carboxylic acid groups (broad SMARTS) is 1. The maximum Gasteiger partial charge on any atom is 0.306 e. The summed E-state index contributed by atoms with van der Waals surface area (Å²) in [6, 6.07) is 5.09. The Bertz CT molecular complexity index is 427. The van der Waals surface area contributed by atoms with Gasteiger partial charge in [-0.05, 0) is 17.7 Å². The van der Waals surface area contributed by atoms with E-state index < -0.39 is 11.6 Å². The molecule has 3 nitrogen and oxygen atoms in total. The van der Waals surface area contributed by atoms with Gasteiger partial charge in [-0.3, -0.25) is 4.79 Å². The fourth-order valence-electron chi connectivity index (χ4n) is 1.84. The van der Waals surface area contributed by atoms with E-state index in [1.54, 1.807) is 18.2 Å². The summed E-state index contributed by atoms with van der Waals surface area (Å²) in [6.07, 6.45) is 0.641. The van der Waals surface area contributed by atoms with Crippen LogP contribution in [0.25, 0.3) is 0 Å². The van der Waals surface area contributed by atoms with Gasteiger partial charge in [-0.15, -0.1) is 0 Å². The first-order chi connectivity index (χ1) is 7.53. The van der Waals surface area contributed by atoms with Gasteiger partial charge in [0.05, 0.1) is 23.1 Å². The molecule has 0 bridgehead atoms. The van der Waals surface area contributed by atoms with Crippen LogP contribution in [0.5, 0.6) is 0 Å². The molecule has 0 amide bonds. The van der Waals surface area contributed by atoms with Crippen molar-refractivity contribution in [3.63, 3.8) is 0 Å². The molecule has 1 saturated heterocycles. The molecule has 1 heterocycles. The molecule has 2 rings (SSSR count). The van der Waals surface area contributed by atoms with Crippen LogP contribution in [0.4, 0.5) is 0 Å². The predicted octanol–water partition coefficient (Wildman–Crippen LogP) is 3.08. The van der Waals surface area contributed by atoms with Gasteiger partial charge in [0.15, 0.2) is 0 Å². The number of carbonyl (C=O) groups is 1. The van der Waals surface area contributed by atoms with Crippen molar-refractivity contribution in [3.05, 3.63) is 33.8 Å². The summed E-state index contributed by atoms with van der Waals surface area (Å²) >= 11 is 11.7. The first-order valence-electron chi connectivity index (χ1n) is 4.85. The number of carboxylic acids is 1. The van der Waals surface area contributed by atoms with E-state index in [1.165, 1.54) is 0 Å². The number of rotatable bonds is 3. The molecular formula is C11H10Cl2O3. The third-order valence-electron chi connectivity index (χ3n) is 2.77. The lowest BCUT2D eigenvalue weighted by atomic mass is 9.83. The largest absolute Gasteiger partial charge is 0.481 e. The third-order valence-corrected chi connectivity index (χ3v) is 3.51. The summed E-state index contributed by atoms with van der Waals surface area (Å²) in [6.45, 7) is 0.577. The van der Waals surface area contributed by atoms with Crippen LogP contribution >= 0.6 is 23.2 Å². The number of benzene rings is 1. The van der Waals surface area contributed by atoms with Gasteiger partial charge in [-0.1, -0.05) is 29.3 Å². The van der Waals surface area contributed by atoms with Gasteiger partial charge in [-0.2, -0.15) is 0 Å². The van der Waals surface area contributed by atoms with Crippen molar-refractivity contribution < 1.29 is 14.6 Å². The highest BCUT2D eigenvalue weighted by atomic mass is 35.5. The molecule has 86 valence electrons. The number of aliphatic carboxylic acids is 1. The Balaban J connectivity index is 2.33. The Kier molecular flexibility index (Phi) is 3.10. The third kappa shape index (κ3) is 2.03. The van der Waals surface area contributed by atoms with Crippen LogP contribution in [0.15, 0.2) is 18.2 Å². The first-order valence-corrected chi connectivity index (χ1v) is 5.60. The summed E-state index contributed by atoms with van der Waals surface area (Å²) in [5.41, 5.74) is 0.0515. The Hall–Kier alpha value is -0.770. The molecule has 1 unspecified atom stereocenters. The van der Waals surface area contributed by atoms with Gasteiger partial charge >= 0.3 is 5.97 Å². The quantitative estimate of drug-likeness (QED) is 0.909. The molecule has 0 aliphatic carbocycles. The second kappa shape index (κ2) is 4.24. The van der Waals surface area contributed by atoms with E-state index in [2.05, 4.69) is 0 Å². The van der Waals surface area contributed by atoms with Crippen molar-refractivity contribution in [3.8, 4) is 0 Å². The Morgan fingerprint density at radius 3 is 2.56 bits per heavy atom. The van der Waals surface area contributed by atoms with Gasteiger partial charge in [0.2, 0.25) is 0 Å². The average Bonchev–Trinajstić information content (AvgIpc) is 2.16. The molecule has 1 fully saturated rings. The summed E-state index contributed by atoms with van der Waals surface area (Å²) < 4.78 is 5.43. The molecule has 1 aliphatic heterocycles. The minimum Gasteiger partial charge on any atom is -0.481 e. The van der Waals surface area contributed by atoms with Crippen molar-refractivity contribution in [2.24, 2.45) is 0 Å². The predicted molar refractivity (Wildman–Crippen MR) is 61.0 cm³/mol. The van der Waals surface area contributed by atoms with Crippen LogP contribution in [0.3, 0.4) is 0 Å². The minimum absolute atomic E-state index is 0.0506. The number of hydrogen-bond donors (Lipinski definition) is 1. The smallest absolute Gasteiger partial charge is 0.306 e. The molecule has 1 aliphatic rings. The van der Waals surface area contributed by atoms with Crippen molar-refractivity contribution >= 4 is 29.2 Å². The molecule has 1 aromatic rings. The van der Waals surface area contributed by atoms with Gasteiger partial charge in [0.1, 0.15) is 5.60 Å². The highest BCUT2D eigenvalue weighted by Crippen LogP contribution is 2.42. The van der Waals surface area contributed by atoms with Crippen LogP contribution in [-0.2, 0) is 15.1 Å². The van der Waals surface area contributed by atoms with Crippen molar-refractivity contribution in [1.29, 1.82) is 0 Å². The summed E-state index contributed by atoms with van der Waals surface area (Å²) in [5.74, 6) is -0.884. The van der Waals surface area contributed by atoms with E-state index in [1.807, 2.05) is 0 Å². The molecule has 0 aromatic heterocycles. The van der Waals surface area contributed by atoms with E-state index >= 15 is 0 Å². The lowest BCUT2D eigenvalue weighted by Gasteiger charge is -2.41. The fraction of sp³-hybridized carbons (Fsp3) is 0.364. The normalized spacial score (nSPS) is 23.9. The highest BCUT2D eigenvalue weighted by Gasteiger charge is 2.42. The average molecular weight is 261 g/mol. The van der Waals surface area contributed by atoms with Crippen LogP contribution in [-0.4, -0.2) is 17.7 Å². The summed E-state index contributed by atoms with van der Waals surface area (Å²) in [5, 5.41) is 9.73. The zero-order valence-electron chi connectivity index (χ0n) is 8.37. The Morgan fingerprint density at radius 1 is 1.44 bits per heavy atom. The first kappa shape index (κ1) is 11.7. The van der Waals surface area contributed by atoms with Crippen LogP contribution in [0, 0.1) is 0 Å². The van der Waals surface area contributed by atoms with Crippen molar-refractivity contribution in [1.82, 2.24) is 0 Å². The van der Waals surface area contributed by atoms with Gasteiger partial charge in [0.25, 0.3) is 0 Å². The standard InChI is InChI=1S/C11H10Cl2O3/c12-8-2-1-7(5-9(8)13)11(3-4-16-11)6-10(14)15/h1-2,5H,3-4,6H2,(H,14,15). The lowest BCUT2D eigenvalue weighted by molar-refractivity contribution is -0.176. The molecule has 0 saturated carbocycles. The Morgan fingerprint density at radius 2 is 2.12 bits per heavy atom. The zero-order valence-corrected chi connectivity index (χ0v) is 9.88. The van der Waals surface area contributed by atoms with Crippen LogP contribution < -0.4 is 0 Å². The van der Waals surface area contributed by atoms with Gasteiger partial charge in [0, 0.05) is 6.42 Å². The second-order valence-corrected chi connectivity index (χ2v) is 4.61. The maximum atomic E-state index is 10.8. The van der Waals surface area contributed by atoms with E-state index in [9.17, 15) is 4.79 Å². The van der Waals surface area contributed by atoms with E-state index in [-0.39, 0.29) is 6.42 Å². The molecular weight excluding hydrogens is 251 g/mol. The molecule has 0 radical (unpaired) electrons. The number of hydrogen-bond acceptors (Lipinski definition) is 2. The van der Waals surface area contributed by atoms with E-state index in [4.69, 9.17) is 33.0 Å². The molecule has 1 atom stereocenters. The maximum absolute atomic E-state index is 10.8. The number of halogens is 2. The Labute approximate surface area is 103 Å². The summed E-state index contributed by atoms with van der Waals surface area (Å²) in [7, 11) is 0. The highest BCUT2D eigenvalue weighted by molar-refractivity contribution is 6.42. The SMILES string of the molecule is O=C(O)CC1(c2ccc(Cl)c(Cl)c2)CCO1. The number of ether oxygens (including phenoxy) is 1. The van der Waals surface area contributed by atoms with Gasteiger partial charge in [-0.25, -0.2) is 0 Å². The van der Waals surface area contributed by atoms with Crippen LogP contribution in [0.2, 0.25) is 10.0 Å². The molecule has 1 aromatic carbocycles. The summed E-state index contributed by atoms with van der Waals surface area (Å²) in [4.78, 5) is 10.8. The minimum atomic E-state index is -0.884. The molecule has 5 heteroatoms. The van der Waals surface area contributed by atoms with Gasteiger partial charge < -0.3 is 9.84 Å². The topological polar surface area (TPSA) is 46.5 Å². The zero-order chi connectivity index (χ0) is 11.8. The van der Waals surface area contributed by atoms with Crippen molar-refractivity contribution in [2.75, 3.05) is 6.61 Å². The van der Waals surface area contributed by atoms with Crippen molar-refractivity contribution in [2.45, 2.75) is 18.4 Å². The van der Waals surface area contributed by atoms with E-state index in [0.29, 0.717) is 23.1 Å². The fourth-order valence-corrected chi connectivity index (χ4v) is 2.14. The second-order valence-electron chi connectivity index (χ2n) is 3.79.